The SMILES string of the molecule is CCN(/C=C/S)CC. The zero-order chi connectivity index (χ0) is 6.41. The molecule has 0 aromatic rings. The summed E-state index contributed by atoms with van der Waals surface area (Å²) in [5.41, 5.74) is 0. The van der Waals surface area contributed by atoms with E-state index in [1.165, 1.54) is 0 Å². The van der Waals surface area contributed by atoms with Gasteiger partial charge in [-0.05, 0) is 19.3 Å². The van der Waals surface area contributed by atoms with Gasteiger partial charge in [-0.2, -0.15) is 0 Å². The third-order valence-electron chi connectivity index (χ3n) is 1.09. The first-order valence-electron chi connectivity index (χ1n) is 2.90. The Morgan fingerprint density at radius 2 is 1.88 bits per heavy atom. The number of hydrogen-bond acceptors (Lipinski definition) is 2. The first kappa shape index (κ1) is 7.89. The van der Waals surface area contributed by atoms with Crippen LogP contribution < -0.4 is 0 Å². The molecule has 0 rings (SSSR count). The fraction of sp³-hybridized carbons (Fsp3) is 0.667. The van der Waals surface area contributed by atoms with Gasteiger partial charge in [0.05, 0.1) is 0 Å². The van der Waals surface area contributed by atoms with Crippen molar-refractivity contribution in [3.63, 3.8) is 0 Å². The van der Waals surface area contributed by atoms with Crippen molar-refractivity contribution in [3.05, 3.63) is 11.6 Å². The predicted molar refractivity (Wildman–Crippen MR) is 41.0 cm³/mol. The van der Waals surface area contributed by atoms with E-state index < -0.39 is 0 Å². The maximum Gasteiger partial charge on any atom is 0.0144 e. The van der Waals surface area contributed by atoms with Gasteiger partial charge in [0.25, 0.3) is 0 Å². The summed E-state index contributed by atoms with van der Waals surface area (Å²) in [5.74, 6) is 0. The largest absolute Gasteiger partial charge is 0.378 e. The maximum absolute atomic E-state index is 3.95. The molecule has 0 unspecified atom stereocenters. The predicted octanol–water partition coefficient (Wildman–Crippen LogP) is 1.73. The molecule has 0 aromatic carbocycles. The Hall–Kier alpha value is -0.110. The van der Waals surface area contributed by atoms with Crippen LogP contribution in [0.15, 0.2) is 11.6 Å². The number of nitrogens with zero attached hydrogens (tertiary/aromatic N) is 1. The highest BCUT2D eigenvalue weighted by Gasteiger charge is 1.85. The van der Waals surface area contributed by atoms with Gasteiger partial charge in [0, 0.05) is 19.3 Å². The highest BCUT2D eigenvalue weighted by molar-refractivity contribution is 7.83. The van der Waals surface area contributed by atoms with Gasteiger partial charge in [-0.15, -0.1) is 12.6 Å². The minimum Gasteiger partial charge on any atom is -0.378 e. The number of thiol groups is 1. The highest BCUT2D eigenvalue weighted by atomic mass is 32.1. The van der Waals surface area contributed by atoms with Crippen LogP contribution >= 0.6 is 12.6 Å². The van der Waals surface area contributed by atoms with E-state index in [1.54, 1.807) is 5.41 Å². The van der Waals surface area contributed by atoms with Gasteiger partial charge >= 0.3 is 0 Å². The van der Waals surface area contributed by atoms with Crippen LogP contribution in [0.3, 0.4) is 0 Å². The average molecular weight is 131 g/mol. The third kappa shape index (κ3) is 2.97. The molecule has 48 valence electrons. The second-order valence-corrected chi connectivity index (χ2v) is 1.82. The van der Waals surface area contributed by atoms with Gasteiger partial charge in [0.2, 0.25) is 0 Å². The van der Waals surface area contributed by atoms with Crippen LogP contribution in [0.25, 0.3) is 0 Å². The maximum atomic E-state index is 3.95. The molecule has 0 aromatic heterocycles. The fourth-order valence-corrected chi connectivity index (χ4v) is 0.717. The summed E-state index contributed by atoms with van der Waals surface area (Å²) >= 11 is 3.95. The summed E-state index contributed by atoms with van der Waals surface area (Å²) < 4.78 is 0. The molecule has 0 radical (unpaired) electrons. The van der Waals surface area contributed by atoms with Crippen molar-refractivity contribution >= 4 is 12.6 Å². The van der Waals surface area contributed by atoms with Crippen LogP contribution in [0.5, 0.6) is 0 Å². The molecule has 2 heteroatoms. The molecule has 1 nitrogen and oxygen atoms in total. The zero-order valence-electron chi connectivity index (χ0n) is 5.46. The molecule has 0 bridgehead atoms. The normalized spacial score (nSPS) is 10.4. The molecule has 0 N–H and O–H groups in total. The molecule has 0 heterocycles. The topological polar surface area (TPSA) is 3.24 Å². The van der Waals surface area contributed by atoms with Crippen LogP contribution in [0.2, 0.25) is 0 Å². The fourth-order valence-electron chi connectivity index (χ4n) is 0.529. The Morgan fingerprint density at radius 3 is 2.00 bits per heavy atom. The molecule has 0 aliphatic heterocycles. The van der Waals surface area contributed by atoms with Crippen molar-refractivity contribution < 1.29 is 0 Å². The molecule has 0 fully saturated rings. The van der Waals surface area contributed by atoms with Crippen molar-refractivity contribution in [2.45, 2.75) is 13.8 Å². The average Bonchev–Trinajstić information content (AvgIpc) is 1.83. The second kappa shape index (κ2) is 5.04. The van der Waals surface area contributed by atoms with E-state index in [4.69, 9.17) is 0 Å². The van der Waals surface area contributed by atoms with Crippen molar-refractivity contribution in [2.24, 2.45) is 0 Å². The number of hydrogen-bond donors (Lipinski definition) is 1. The standard InChI is InChI=1S/C6H13NS/c1-3-7(4-2)5-6-8/h5-6,8H,3-4H2,1-2H3/b6-5+. The van der Waals surface area contributed by atoms with Crippen LogP contribution in [-0.2, 0) is 0 Å². The summed E-state index contributed by atoms with van der Waals surface area (Å²) in [5, 5.41) is 1.76. The van der Waals surface area contributed by atoms with E-state index in [-0.39, 0.29) is 0 Å². The van der Waals surface area contributed by atoms with E-state index in [9.17, 15) is 0 Å². The lowest BCUT2D eigenvalue weighted by Gasteiger charge is -2.13. The van der Waals surface area contributed by atoms with Crippen LogP contribution in [0, 0.1) is 0 Å². The molecule has 0 aliphatic rings. The Labute approximate surface area is 56.8 Å². The Bertz CT molecular complexity index is 66.9. The smallest absolute Gasteiger partial charge is 0.0144 e. The van der Waals surface area contributed by atoms with Gasteiger partial charge < -0.3 is 4.90 Å². The van der Waals surface area contributed by atoms with E-state index in [0.29, 0.717) is 0 Å². The summed E-state index contributed by atoms with van der Waals surface area (Å²) in [7, 11) is 0. The Kier molecular flexibility index (Phi) is 4.97. The molecule has 0 atom stereocenters. The molecule has 0 amide bonds. The molecule has 0 aliphatic carbocycles. The lowest BCUT2D eigenvalue weighted by atomic mass is 10.5. The first-order chi connectivity index (χ1) is 3.85. The Morgan fingerprint density at radius 1 is 1.38 bits per heavy atom. The van der Waals surface area contributed by atoms with E-state index in [1.807, 2.05) is 6.20 Å². The van der Waals surface area contributed by atoms with E-state index in [2.05, 4.69) is 31.4 Å². The van der Waals surface area contributed by atoms with Crippen molar-refractivity contribution in [1.82, 2.24) is 4.90 Å². The van der Waals surface area contributed by atoms with Gasteiger partial charge in [-0.25, -0.2) is 0 Å². The monoisotopic (exact) mass is 131 g/mol. The van der Waals surface area contributed by atoms with Gasteiger partial charge in [0.1, 0.15) is 0 Å². The molecule has 0 saturated heterocycles. The quantitative estimate of drug-likeness (QED) is 0.571. The van der Waals surface area contributed by atoms with Crippen LogP contribution in [0.4, 0.5) is 0 Å². The summed E-state index contributed by atoms with van der Waals surface area (Å²) in [6.45, 7) is 6.37. The molecular weight excluding hydrogens is 118 g/mol. The highest BCUT2D eigenvalue weighted by Crippen LogP contribution is 1.88. The zero-order valence-corrected chi connectivity index (χ0v) is 6.36. The van der Waals surface area contributed by atoms with Crippen molar-refractivity contribution in [3.8, 4) is 0 Å². The van der Waals surface area contributed by atoms with Gasteiger partial charge in [0.15, 0.2) is 0 Å². The van der Waals surface area contributed by atoms with Crippen molar-refractivity contribution in [1.29, 1.82) is 0 Å². The summed E-state index contributed by atoms with van der Waals surface area (Å²) in [6.07, 6.45) is 1.98. The van der Waals surface area contributed by atoms with Crippen LogP contribution in [0.1, 0.15) is 13.8 Å². The summed E-state index contributed by atoms with van der Waals surface area (Å²) in [4.78, 5) is 2.17. The molecule has 8 heavy (non-hydrogen) atoms. The summed E-state index contributed by atoms with van der Waals surface area (Å²) in [6, 6.07) is 0. The Balaban J connectivity index is 3.36. The molecule has 0 spiro atoms. The van der Waals surface area contributed by atoms with Gasteiger partial charge in [-0.1, -0.05) is 0 Å². The first-order valence-corrected chi connectivity index (χ1v) is 3.41. The minimum absolute atomic E-state index is 1.06. The minimum atomic E-state index is 1.06. The van der Waals surface area contributed by atoms with Crippen molar-refractivity contribution in [2.75, 3.05) is 13.1 Å². The number of rotatable bonds is 3. The lowest BCUT2D eigenvalue weighted by molar-refractivity contribution is 0.420. The molecule has 0 saturated carbocycles. The van der Waals surface area contributed by atoms with Gasteiger partial charge in [-0.3, -0.25) is 0 Å². The van der Waals surface area contributed by atoms with Crippen LogP contribution in [-0.4, -0.2) is 18.0 Å². The van der Waals surface area contributed by atoms with E-state index in [0.717, 1.165) is 13.1 Å². The third-order valence-corrected chi connectivity index (χ3v) is 1.22. The lowest BCUT2D eigenvalue weighted by Crippen LogP contribution is -2.14. The second-order valence-electron chi connectivity index (χ2n) is 1.52. The molecular formula is C6H13NS. The van der Waals surface area contributed by atoms with E-state index >= 15 is 0 Å².